The number of ketones is 1. The molecule has 0 aliphatic carbocycles. The van der Waals surface area contributed by atoms with Crippen LogP contribution in [0.15, 0.2) is 97.2 Å². The minimum atomic E-state index is -1.20. The highest BCUT2D eigenvalue weighted by atomic mass is 16.6. The summed E-state index contributed by atoms with van der Waals surface area (Å²) in [6, 6.07) is 26.2. The number of carbonyl (C=O) groups is 4. The van der Waals surface area contributed by atoms with E-state index in [1.54, 1.807) is 36.4 Å². The van der Waals surface area contributed by atoms with Crippen molar-refractivity contribution in [3.8, 4) is 0 Å². The standard InChI is InChI=1S/C13H11NO4.C10H12N2O3.C8H7N/c1-8(12(15)16)18-13(17)11-7-6-9-4-2-3-5-10(9)14-11;11-7-4-2-1-3-6(7)9(13)5-8(12)10(14)15;1-2-4-8-7(3-1)5-6-9-8/h2-8H,1H3,(H,15,16);1-4,8H,5,11-12H2,(H,14,15);1-6,9H/t;8-;/m.0./s1. The molecule has 0 radical (unpaired) electrons. The number of carboxylic acid groups (broad SMARTS) is 2. The van der Waals surface area contributed by atoms with E-state index in [0.29, 0.717) is 16.8 Å². The highest BCUT2D eigenvalue weighted by molar-refractivity contribution is 6.02. The van der Waals surface area contributed by atoms with E-state index < -0.39 is 30.1 Å². The lowest BCUT2D eigenvalue weighted by atomic mass is 10.0. The number of anilines is 1. The number of nitrogens with zero attached hydrogens (tertiary/aromatic N) is 1. The van der Waals surface area contributed by atoms with Crippen LogP contribution in [-0.4, -0.2) is 56.0 Å². The number of rotatable bonds is 7. The van der Waals surface area contributed by atoms with Crippen molar-refractivity contribution < 1.29 is 34.1 Å². The second-order valence-corrected chi connectivity index (χ2v) is 9.00. The number of aliphatic carboxylic acids is 2. The SMILES string of the molecule is CC(OC(=O)c1ccc2ccccc2n1)C(=O)O.Nc1ccccc1C(=O)C[C@H](N)C(=O)O.c1ccc2[nH]ccc2c1. The number of aromatic nitrogens is 2. The summed E-state index contributed by atoms with van der Waals surface area (Å²) in [4.78, 5) is 51.5. The van der Waals surface area contributed by atoms with E-state index in [4.69, 9.17) is 26.4 Å². The van der Waals surface area contributed by atoms with E-state index in [9.17, 15) is 19.2 Å². The Labute approximate surface area is 240 Å². The second kappa shape index (κ2) is 14.7. The summed E-state index contributed by atoms with van der Waals surface area (Å²) in [5.74, 6) is -3.49. The number of nitrogens with one attached hydrogen (secondary N) is 1. The van der Waals surface area contributed by atoms with Crippen LogP contribution in [0.5, 0.6) is 0 Å². The third kappa shape index (κ3) is 8.73. The Bertz CT molecular complexity index is 1670. The smallest absolute Gasteiger partial charge is 0.357 e. The fourth-order valence-electron chi connectivity index (χ4n) is 3.59. The number of ether oxygens (including phenoxy) is 1. The minimum Gasteiger partial charge on any atom is -0.480 e. The molecule has 5 aromatic rings. The van der Waals surface area contributed by atoms with Gasteiger partial charge in [0.15, 0.2) is 11.9 Å². The summed E-state index contributed by atoms with van der Waals surface area (Å²) in [5, 5.41) is 19.4. The van der Waals surface area contributed by atoms with Crippen molar-refractivity contribution in [2.24, 2.45) is 5.73 Å². The molecule has 0 bridgehead atoms. The molecule has 3 aromatic carbocycles. The van der Waals surface area contributed by atoms with Crippen molar-refractivity contribution in [3.05, 3.63) is 108 Å². The van der Waals surface area contributed by atoms with E-state index in [2.05, 4.69) is 28.2 Å². The van der Waals surface area contributed by atoms with E-state index >= 15 is 0 Å². The Balaban J connectivity index is 0.000000182. The first-order chi connectivity index (χ1) is 20.1. The molecule has 11 nitrogen and oxygen atoms in total. The number of Topliss-reactive ketones (excluding diaryl/α,β-unsaturated/α-hetero) is 1. The number of carbonyl (C=O) groups excluding carboxylic acids is 2. The highest BCUT2D eigenvalue weighted by Gasteiger charge is 2.19. The van der Waals surface area contributed by atoms with Crippen molar-refractivity contribution >= 4 is 51.2 Å². The first-order valence-electron chi connectivity index (χ1n) is 12.7. The Kier molecular flexibility index (Phi) is 10.9. The first-order valence-corrected chi connectivity index (χ1v) is 12.7. The molecule has 0 saturated carbocycles. The monoisotopic (exact) mass is 570 g/mol. The van der Waals surface area contributed by atoms with Gasteiger partial charge in [-0.05, 0) is 48.7 Å². The third-order valence-electron chi connectivity index (χ3n) is 5.89. The van der Waals surface area contributed by atoms with Gasteiger partial charge in [0.1, 0.15) is 11.7 Å². The number of para-hydroxylation sites is 3. The fraction of sp³-hybridized carbons (Fsp3) is 0.129. The van der Waals surface area contributed by atoms with E-state index in [1.807, 2.05) is 36.5 Å². The number of benzene rings is 3. The molecular weight excluding hydrogens is 540 g/mol. The molecule has 216 valence electrons. The Morgan fingerprint density at radius 3 is 2.14 bits per heavy atom. The number of hydrogen-bond donors (Lipinski definition) is 5. The van der Waals surface area contributed by atoms with Gasteiger partial charge in [0.2, 0.25) is 0 Å². The van der Waals surface area contributed by atoms with Gasteiger partial charge in [0, 0.05) is 34.8 Å². The molecule has 0 amide bonds. The maximum Gasteiger partial charge on any atom is 0.357 e. The third-order valence-corrected chi connectivity index (χ3v) is 5.89. The molecule has 0 spiro atoms. The first kappa shape index (κ1) is 31.0. The van der Waals surface area contributed by atoms with Gasteiger partial charge in [0.05, 0.1) is 5.52 Å². The van der Waals surface area contributed by atoms with Crippen molar-refractivity contribution in [2.45, 2.75) is 25.5 Å². The van der Waals surface area contributed by atoms with Crippen LogP contribution in [0.4, 0.5) is 5.69 Å². The van der Waals surface area contributed by atoms with Gasteiger partial charge in [-0.25, -0.2) is 14.6 Å². The summed E-state index contributed by atoms with van der Waals surface area (Å²) in [6.07, 6.45) is 0.513. The summed E-state index contributed by atoms with van der Waals surface area (Å²) >= 11 is 0. The molecule has 0 aliphatic heterocycles. The summed E-state index contributed by atoms with van der Waals surface area (Å²) < 4.78 is 4.75. The van der Waals surface area contributed by atoms with Gasteiger partial charge in [-0.15, -0.1) is 0 Å². The quantitative estimate of drug-likeness (QED) is 0.107. The summed E-state index contributed by atoms with van der Waals surface area (Å²) in [7, 11) is 0. The molecule has 1 unspecified atom stereocenters. The van der Waals surface area contributed by atoms with Crippen LogP contribution in [0, 0.1) is 0 Å². The molecule has 0 fully saturated rings. The van der Waals surface area contributed by atoms with E-state index in [1.165, 1.54) is 23.9 Å². The lowest BCUT2D eigenvalue weighted by Crippen LogP contribution is -2.32. The average molecular weight is 571 g/mol. The number of pyridine rings is 1. The maximum atomic E-state index is 11.7. The molecule has 7 N–H and O–H groups in total. The Hall–Kier alpha value is -5.55. The molecule has 0 saturated heterocycles. The molecule has 2 aromatic heterocycles. The predicted molar refractivity (Wildman–Crippen MR) is 158 cm³/mol. The molecule has 2 atom stereocenters. The van der Waals surface area contributed by atoms with Gasteiger partial charge in [0.25, 0.3) is 0 Å². The zero-order valence-electron chi connectivity index (χ0n) is 22.6. The second-order valence-electron chi connectivity index (χ2n) is 9.00. The Morgan fingerprint density at radius 2 is 1.48 bits per heavy atom. The van der Waals surface area contributed by atoms with E-state index in [0.717, 1.165) is 5.39 Å². The number of nitrogen functional groups attached to an aromatic ring is 1. The molecular formula is C31H30N4O7. The summed E-state index contributed by atoms with van der Waals surface area (Å²) in [5.41, 5.74) is 13.4. The van der Waals surface area contributed by atoms with Gasteiger partial charge < -0.3 is 31.4 Å². The number of carboxylic acids is 2. The molecule has 42 heavy (non-hydrogen) atoms. The lowest BCUT2D eigenvalue weighted by molar-refractivity contribution is -0.146. The topological polar surface area (TPSA) is 199 Å². The van der Waals surface area contributed by atoms with Gasteiger partial charge in [-0.1, -0.05) is 54.6 Å². The zero-order valence-corrected chi connectivity index (χ0v) is 22.6. The molecule has 0 aliphatic rings. The van der Waals surface area contributed by atoms with Crippen LogP contribution in [0.3, 0.4) is 0 Å². The number of H-pyrrole nitrogens is 1. The molecule has 2 heterocycles. The minimum absolute atomic E-state index is 0.0989. The largest absolute Gasteiger partial charge is 0.480 e. The van der Waals surface area contributed by atoms with Gasteiger partial charge >= 0.3 is 17.9 Å². The fourth-order valence-corrected chi connectivity index (χ4v) is 3.59. The normalized spacial score (nSPS) is 11.7. The lowest BCUT2D eigenvalue weighted by Gasteiger charge is -2.08. The average Bonchev–Trinajstić information content (AvgIpc) is 3.46. The van der Waals surface area contributed by atoms with Crippen LogP contribution in [0.1, 0.15) is 34.2 Å². The van der Waals surface area contributed by atoms with Crippen LogP contribution < -0.4 is 11.5 Å². The van der Waals surface area contributed by atoms with Crippen LogP contribution in [0.25, 0.3) is 21.8 Å². The van der Waals surface area contributed by atoms with Crippen molar-refractivity contribution in [1.29, 1.82) is 0 Å². The molecule has 5 rings (SSSR count). The van der Waals surface area contributed by atoms with Gasteiger partial charge in [-0.3, -0.25) is 9.59 Å². The van der Waals surface area contributed by atoms with Crippen molar-refractivity contribution in [2.75, 3.05) is 5.73 Å². The number of aromatic amines is 1. The van der Waals surface area contributed by atoms with E-state index in [-0.39, 0.29) is 17.9 Å². The number of hydrogen-bond acceptors (Lipinski definition) is 8. The Morgan fingerprint density at radius 1 is 0.833 bits per heavy atom. The number of fused-ring (bicyclic) bond motifs is 2. The van der Waals surface area contributed by atoms with Crippen molar-refractivity contribution in [3.63, 3.8) is 0 Å². The van der Waals surface area contributed by atoms with Crippen LogP contribution in [-0.2, 0) is 14.3 Å². The predicted octanol–water partition coefficient (Wildman–Crippen LogP) is 4.29. The number of nitrogens with two attached hydrogens (primary N) is 2. The summed E-state index contributed by atoms with van der Waals surface area (Å²) in [6.45, 7) is 1.29. The number of esters is 1. The van der Waals surface area contributed by atoms with Crippen molar-refractivity contribution in [1.82, 2.24) is 9.97 Å². The van der Waals surface area contributed by atoms with Crippen LogP contribution in [0.2, 0.25) is 0 Å². The highest BCUT2D eigenvalue weighted by Crippen LogP contribution is 2.14. The van der Waals surface area contributed by atoms with Gasteiger partial charge in [-0.2, -0.15) is 0 Å². The maximum absolute atomic E-state index is 11.7. The van der Waals surface area contributed by atoms with Crippen LogP contribution >= 0.6 is 0 Å². The zero-order chi connectivity index (χ0) is 30.6. The molecule has 11 heteroatoms.